The van der Waals surface area contributed by atoms with E-state index in [9.17, 15) is 4.39 Å². The molecule has 0 aliphatic heterocycles. The lowest BCUT2D eigenvalue weighted by atomic mass is 10.3. The molecule has 0 atom stereocenters. The van der Waals surface area contributed by atoms with Crippen LogP contribution < -0.4 is 4.74 Å². The molecule has 0 bridgehead atoms. The van der Waals surface area contributed by atoms with Gasteiger partial charge in [0.25, 0.3) is 0 Å². The standard InChI is InChI=1S/C18H15FN4OS/c19-15-9-4-5-10-16(15)24-13-17-21-22-18(25-12-6-11-20)23(17)14-7-2-1-3-8-14/h1-5,7-10H,6,12-13H2. The number of ether oxygens (including phenoxy) is 1. The smallest absolute Gasteiger partial charge is 0.195 e. The molecule has 3 aromatic rings. The van der Waals surface area contributed by atoms with Crippen LogP contribution in [0.1, 0.15) is 12.2 Å². The Balaban J connectivity index is 1.86. The van der Waals surface area contributed by atoms with Crippen LogP contribution in [0.4, 0.5) is 4.39 Å². The van der Waals surface area contributed by atoms with E-state index < -0.39 is 5.82 Å². The van der Waals surface area contributed by atoms with E-state index >= 15 is 0 Å². The number of rotatable bonds is 7. The molecule has 0 fully saturated rings. The van der Waals surface area contributed by atoms with Crippen LogP contribution in [0.5, 0.6) is 5.75 Å². The Morgan fingerprint density at radius 1 is 1.08 bits per heavy atom. The van der Waals surface area contributed by atoms with E-state index in [1.807, 2.05) is 34.9 Å². The van der Waals surface area contributed by atoms with Crippen LogP contribution in [0.15, 0.2) is 59.8 Å². The summed E-state index contributed by atoms with van der Waals surface area (Å²) in [4.78, 5) is 0. The van der Waals surface area contributed by atoms with Gasteiger partial charge in [0.1, 0.15) is 6.61 Å². The van der Waals surface area contributed by atoms with Crippen LogP contribution in [0.3, 0.4) is 0 Å². The number of para-hydroxylation sites is 2. The maximum Gasteiger partial charge on any atom is 0.195 e. The molecule has 7 heteroatoms. The zero-order valence-corrected chi connectivity index (χ0v) is 14.1. The second-order valence-corrected chi connectivity index (χ2v) is 6.11. The lowest BCUT2D eigenvalue weighted by Crippen LogP contribution is -2.07. The fraction of sp³-hybridized carbons (Fsp3) is 0.167. The minimum Gasteiger partial charge on any atom is -0.483 e. The Morgan fingerprint density at radius 3 is 2.60 bits per heavy atom. The van der Waals surface area contributed by atoms with Crippen molar-refractivity contribution < 1.29 is 9.13 Å². The Bertz CT molecular complexity index is 876. The molecular weight excluding hydrogens is 339 g/mol. The summed E-state index contributed by atoms with van der Waals surface area (Å²) in [5.74, 6) is 0.935. The molecule has 1 aromatic heterocycles. The average molecular weight is 354 g/mol. The number of thioether (sulfide) groups is 1. The van der Waals surface area contributed by atoms with E-state index in [2.05, 4.69) is 16.3 Å². The average Bonchev–Trinajstić information content (AvgIpc) is 3.05. The number of aromatic nitrogens is 3. The molecule has 0 unspecified atom stereocenters. The summed E-state index contributed by atoms with van der Waals surface area (Å²) in [7, 11) is 0. The van der Waals surface area contributed by atoms with Crippen LogP contribution in [0.25, 0.3) is 5.69 Å². The van der Waals surface area contributed by atoms with Gasteiger partial charge in [-0.25, -0.2) is 4.39 Å². The zero-order valence-electron chi connectivity index (χ0n) is 13.3. The molecule has 25 heavy (non-hydrogen) atoms. The summed E-state index contributed by atoms with van der Waals surface area (Å²) < 4.78 is 21.2. The van der Waals surface area contributed by atoms with Crippen LogP contribution in [-0.4, -0.2) is 20.5 Å². The highest BCUT2D eigenvalue weighted by atomic mass is 32.2. The molecule has 0 saturated carbocycles. The van der Waals surface area contributed by atoms with Crippen molar-refractivity contribution in [1.82, 2.24) is 14.8 Å². The summed E-state index contributed by atoms with van der Waals surface area (Å²) >= 11 is 1.45. The van der Waals surface area contributed by atoms with Gasteiger partial charge >= 0.3 is 0 Å². The van der Waals surface area contributed by atoms with Crippen molar-refractivity contribution in [2.45, 2.75) is 18.2 Å². The predicted molar refractivity (Wildman–Crippen MR) is 93.0 cm³/mol. The quantitative estimate of drug-likeness (QED) is 0.474. The normalized spacial score (nSPS) is 10.4. The zero-order chi connectivity index (χ0) is 17.5. The van der Waals surface area contributed by atoms with Gasteiger partial charge in [-0.3, -0.25) is 4.57 Å². The minimum absolute atomic E-state index is 0.0850. The second-order valence-electron chi connectivity index (χ2n) is 5.05. The van der Waals surface area contributed by atoms with Gasteiger partial charge < -0.3 is 4.74 Å². The molecule has 1 heterocycles. The van der Waals surface area contributed by atoms with Crippen molar-refractivity contribution in [3.8, 4) is 17.5 Å². The number of hydrogen-bond acceptors (Lipinski definition) is 5. The van der Waals surface area contributed by atoms with Crippen molar-refractivity contribution in [3.63, 3.8) is 0 Å². The maximum absolute atomic E-state index is 13.7. The highest BCUT2D eigenvalue weighted by Gasteiger charge is 2.15. The minimum atomic E-state index is -0.420. The number of nitrogens with zero attached hydrogens (tertiary/aromatic N) is 4. The van der Waals surface area contributed by atoms with Crippen molar-refractivity contribution in [3.05, 3.63) is 66.2 Å². The van der Waals surface area contributed by atoms with Crippen LogP contribution in [0.2, 0.25) is 0 Å². The summed E-state index contributed by atoms with van der Waals surface area (Å²) in [5, 5.41) is 17.8. The van der Waals surface area contributed by atoms with Crippen LogP contribution in [-0.2, 0) is 6.61 Å². The largest absolute Gasteiger partial charge is 0.483 e. The monoisotopic (exact) mass is 354 g/mol. The first kappa shape index (κ1) is 17.0. The molecule has 0 aliphatic rings. The van der Waals surface area contributed by atoms with E-state index in [0.717, 1.165) is 5.69 Å². The lowest BCUT2D eigenvalue weighted by Gasteiger charge is -2.11. The van der Waals surface area contributed by atoms with Crippen LogP contribution in [0, 0.1) is 17.1 Å². The van der Waals surface area contributed by atoms with Gasteiger partial charge in [0.2, 0.25) is 0 Å². The van der Waals surface area contributed by atoms with Crippen molar-refractivity contribution in [1.29, 1.82) is 5.26 Å². The van der Waals surface area contributed by atoms with E-state index in [4.69, 9.17) is 10.00 Å². The molecule has 126 valence electrons. The summed E-state index contributed by atoms with van der Waals surface area (Å²) in [6, 6.07) is 18.0. The number of nitriles is 1. The first-order valence-electron chi connectivity index (χ1n) is 7.66. The van der Waals surface area contributed by atoms with Crippen molar-refractivity contribution >= 4 is 11.8 Å². The maximum atomic E-state index is 13.7. The SMILES string of the molecule is N#CCCSc1nnc(COc2ccccc2F)n1-c1ccccc1. The molecule has 0 saturated heterocycles. The fourth-order valence-electron chi connectivity index (χ4n) is 2.22. The van der Waals surface area contributed by atoms with E-state index in [0.29, 0.717) is 23.2 Å². The van der Waals surface area contributed by atoms with E-state index in [1.54, 1.807) is 18.2 Å². The highest BCUT2D eigenvalue weighted by molar-refractivity contribution is 7.99. The molecule has 0 N–H and O–H groups in total. The van der Waals surface area contributed by atoms with Gasteiger partial charge in [0, 0.05) is 17.9 Å². The van der Waals surface area contributed by atoms with Crippen molar-refractivity contribution in [2.75, 3.05) is 5.75 Å². The molecular formula is C18H15FN4OS. The molecule has 0 radical (unpaired) electrons. The van der Waals surface area contributed by atoms with E-state index in [1.165, 1.54) is 17.8 Å². The van der Waals surface area contributed by atoms with Gasteiger partial charge in [-0.1, -0.05) is 42.1 Å². The number of hydrogen-bond donors (Lipinski definition) is 0. The first-order valence-corrected chi connectivity index (χ1v) is 8.65. The molecule has 5 nitrogen and oxygen atoms in total. The fourth-order valence-corrected chi connectivity index (χ4v) is 3.03. The molecule has 2 aromatic carbocycles. The number of halogens is 1. The molecule has 3 rings (SSSR count). The summed E-state index contributed by atoms with van der Waals surface area (Å²) in [6.07, 6.45) is 0.424. The highest BCUT2D eigenvalue weighted by Crippen LogP contribution is 2.24. The summed E-state index contributed by atoms with van der Waals surface area (Å²) in [5.41, 5.74) is 0.888. The first-order chi connectivity index (χ1) is 12.3. The molecule has 0 aliphatic carbocycles. The van der Waals surface area contributed by atoms with Gasteiger partial charge in [-0.05, 0) is 24.3 Å². The van der Waals surface area contributed by atoms with Gasteiger partial charge in [0.15, 0.2) is 22.5 Å². The van der Waals surface area contributed by atoms with Gasteiger partial charge in [0.05, 0.1) is 6.07 Å². The third kappa shape index (κ3) is 4.17. The number of benzene rings is 2. The van der Waals surface area contributed by atoms with Gasteiger partial charge in [-0.15, -0.1) is 10.2 Å². The Morgan fingerprint density at radius 2 is 1.84 bits per heavy atom. The Hall–Kier alpha value is -2.85. The second kappa shape index (κ2) is 8.31. The van der Waals surface area contributed by atoms with E-state index in [-0.39, 0.29) is 12.4 Å². The van der Waals surface area contributed by atoms with Crippen molar-refractivity contribution in [2.24, 2.45) is 0 Å². The van der Waals surface area contributed by atoms with Crippen LogP contribution >= 0.6 is 11.8 Å². The molecule has 0 amide bonds. The topological polar surface area (TPSA) is 63.7 Å². The predicted octanol–water partition coefficient (Wildman–Crippen LogP) is 3.99. The third-order valence-electron chi connectivity index (χ3n) is 3.35. The Kier molecular flexibility index (Phi) is 5.65. The lowest BCUT2D eigenvalue weighted by molar-refractivity contribution is 0.278. The Labute approximate surface area is 149 Å². The molecule has 0 spiro atoms. The summed E-state index contributed by atoms with van der Waals surface area (Å²) in [6.45, 7) is 0.0850. The third-order valence-corrected chi connectivity index (χ3v) is 4.28. The van der Waals surface area contributed by atoms with Gasteiger partial charge in [-0.2, -0.15) is 5.26 Å².